The quantitative estimate of drug-likeness (QED) is 0.362. The van der Waals surface area contributed by atoms with Crippen LogP contribution in [0, 0.1) is 27.7 Å². The number of hydrogen-bond acceptors (Lipinski definition) is 3. The molecule has 3 aromatic carbocycles. The molecule has 1 N–H and O–H groups in total. The molecule has 1 saturated heterocycles. The zero-order valence-electron chi connectivity index (χ0n) is 24.4. The molecule has 1 heterocycles. The highest BCUT2D eigenvalue weighted by molar-refractivity contribution is 5.55. The van der Waals surface area contributed by atoms with Gasteiger partial charge in [-0.25, -0.2) is 0 Å². The van der Waals surface area contributed by atoms with Gasteiger partial charge in [-0.05, 0) is 136 Å². The number of phenols is 1. The summed E-state index contributed by atoms with van der Waals surface area (Å²) in [5, 5.41) is 4.96. The van der Waals surface area contributed by atoms with Crippen molar-refractivity contribution in [3.63, 3.8) is 0 Å². The number of ether oxygens (including phenoxy) is 1. The summed E-state index contributed by atoms with van der Waals surface area (Å²) in [7, 11) is 0. The van der Waals surface area contributed by atoms with Gasteiger partial charge in [-0.3, -0.25) is 4.90 Å². The molecular weight excluding hydrogens is 454 g/mol. The van der Waals surface area contributed by atoms with Gasteiger partial charge in [0.2, 0.25) is 0 Å². The Hall–Kier alpha value is -2.78. The lowest BCUT2D eigenvalue weighted by molar-refractivity contribution is 0.141. The minimum absolute atomic E-state index is 0.153. The Morgan fingerprint density at radius 2 is 1.78 bits per heavy atom. The van der Waals surface area contributed by atoms with Gasteiger partial charge in [0.05, 0.1) is 0 Å². The number of nitrogens with zero attached hydrogens (tertiary/aromatic N) is 1. The molecule has 3 heteroatoms. The molecule has 0 aromatic heterocycles. The van der Waals surface area contributed by atoms with Gasteiger partial charge in [0.25, 0.3) is 1.43 Å². The van der Waals surface area contributed by atoms with Crippen LogP contribution in [-0.2, 0) is 6.42 Å². The van der Waals surface area contributed by atoms with Crippen LogP contribution < -0.4 is 4.74 Å². The van der Waals surface area contributed by atoms with E-state index in [-0.39, 0.29) is 12.0 Å². The summed E-state index contributed by atoms with van der Waals surface area (Å²) in [5.74, 6) is 2.30. The summed E-state index contributed by atoms with van der Waals surface area (Å²) in [6, 6.07) is 18.4. The maximum atomic E-state index is 7.52. The van der Waals surface area contributed by atoms with E-state index >= 15 is 0 Å². The van der Waals surface area contributed by atoms with Crippen LogP contribution in [0.2, 0.25) is 0 Å². The molecule has 0 saturated carbocycles. The molecule has 1 aliphatic heterocycles. The Bertz CT molecular complexity index is 1300. The summed E-state index contributed by atoms with van der Waals surface area (Å²) in [6.07, 6.45) is 4.80. The summed E-state index contributed by atoms with van der Waals surface area (Å²) >= 11 is 0. The van der Waals surface area contributed by atoms with Gasteiger partial charge in [0.1, 0.15) is 17.6 Å². The fourth-order valence-corrected chi connectivity index (χ4v) is 6.80. The van der Waals surface area contributed by atoms with Crippen molar-refractivity contribution in [3.05, 3.63) is 93.0 Å². The van der Waals surface area contributed by atoms with Crippen molar-refractivity contribution in [1.82, 2.24) is 4.90 Å². The topological polar surface area (TPSA) is 32.7 Å². The Labute approximate surface area is 225 Å². The third-order valence-corrected chi connectivity index (χ3v) is 9.11. The van der Waals surface area contributed by atoms with E-state index in [0.717, 1.165) is 30.7 Å². The predicted octanol–water partition coefficient (Wildman–Crippen LogP) is 7.74. The van der Waals surface area contributed by atoms with E-state index in [1.54, 1.807) is 0 Å². The largest absolute Gasteiger partial charge is 0.508 e. The fourth-order valence-electron chi connectivity index (χ4n) is 6.80. The van der Waals surface area contributed by atoms with Crippen LogP contribution in [0.3, 0.4) is 0 Å². The Morgan fingerprint density at radius 1 is 0.973 bits per heavy atom. The van der Waals surface area contributed by atoms with Crippen molar-refractivity contribution >= 4 is 0 Å². The zero-order chi connectivity index (χ0) is 27.0. The van der Waals surface area contributed by atoms with Crippen LogP contribution in [0.15, 0.2) is 48.5 Å². The van der Waals surface area contributed by atoms with E-state index in [1.165, 1.54) is 58.3 Å². The smallest absolute Gasteiger partial charge is 0.293 e. The molecule has 3 nitrogen and oxygen atoms in total. The van der Waals surface area contributed by atoms with Crippen molar-refractivity contribution in [2.45, 2.75) is 91.2 Å². The van der Waals surface area contributed by atoms with Gasteiger partial charge in [0, 0.05) is 18.5 Å². The van der Waals surface area contributed by atoms with Gasteiger partial charge in [0.15, 0.2) is 0 Å². The molecule has 0 amide bonds. The molecule has 3 aromatic rings. The molecule has 1 fully saturated rings. The molecule has 2 unspecified atom stereocenters. The number of benzene rings is 3. The van der Waals surface area contributed by atoms with Gasteiger partial charge in [-0.1, -0.05) is 36.4 Å². The normalized spacial score (nSPS) is 22.9. The summed E-state index contributed by atoms with van der Waals surface area (Å²) < 4.78 is 14.1. The SMILES string of the molecule is [2H]Oc1cc2c(cc1C)[C@@H](c1ccc(OC(C)CN3CCCC3C)c(C)c1C)[C@@H](c1ccccc1C)CC2. The van der Waals surface area contributed by atoms with Crippen LogP contribution in [-0.4, -0.2) is 36.7 Å². The molecule has 4 atom stereocenters. The maximum Gasteiger partial charge on any atom is 0.293 e. The second-order valence-electron chi connectivity index (χ2n) is 11.6. The number of rotatable bonds is 7. The predicted molar refractivity (Wildman–Crippen MR) is 153 cm³/mol. The van der Waals surface area contributed by atoms with E-state index in [0.29, 0.717) is 17.7 Å². The second-order valence-corrected chi connectivity index (χ2v) is 11.6. The first-order valence-electron chi connectivity index (χ1n) is 14.5. The minimum atomic E-state index is 0.153. The fraction of sp³-hybridized carbons (Fsp3) is 0.471. The van der Waals surface area contributed by atoms with Gasteiger partial charge < -0.3 is 9.85 Å². The highest BCUT2D eigenvalue weighted by Gasteiger charge is 2.34. The van der Waals surface area contributed by atoms with Crippen molar-refractivity contribution in [2.24, 2.45) is 0 Å². The van der Waals surface area contributed by atoms with Gasteiger partial charge in [-0.15, -0.1) is 0 Å². The van der Waals surface area contributed by atoms with Gasteiger partial charge >= 0.3 is 0 Å². The number of aromatic hydroxyl groups is 1. The lowest BCUT2D eigenvalue weighted by Gasteiger charge is -2.37. The molecule has 0 radical (unpaired) electrons. The van der Waals surface area contributed by atoms with E-state index < -0.39 is 0 Å². The Balaban J connectivity index is 1.53. The molecule has 5 rings (SSSR count). The lowest BCUT2D eigenvalue weighted by atomic mass is 9.67. The van der Waals surface area contributed by atoms with Crippen molar-refractivity contribution in [1.29, 1.82) is 1.43 Å². The highest BCUT2D eigenvalue weighted by atomic mass is 16.5. The first-order valence-corrected chi connectivity index (χ1v) is 14.1. The molecular formula is C34H43NO2. The van der Waals surface area contributed by atoms with Crippen molar-refractivity contribution in [3.8, 4) is 11.5 Å². The number of phenolic OH excluding ortho intramolecular Hbond substituents is 1. The lowest BCUT2D eigenvalue weighted by Crippen LogP contribution is -2.36. The van der Waals surface area contributed by atoms with E-state index in [2.05, 4.69) is 95.0 Å². The summed E-state index contributed by atoms with van der Waals surface area (Å²) in [6.45, 7) is 15.5. The number of likely N-dealkylation sites (tertiary alicyclic amines) is 1. The summed E-state index contributed by atoms with van der Waals surface area (Å²) in [5.41, 5.74) is 10.4. The van der Waals surface area contributed by atoms with Crippen LogP contribution in [0.5, 0.6) is 11.5 Å². The molecule has 37 heavy (non-hydrogen) atoms. The Morgan fingerprint density at radius 3 is 2.51 bits per heavy atom. The number of fused-ring (bicyclic) bond motifs is 1. The average Bonchev–Trinajstić information content (AvgIpc) is 3.30. The molecule has 0 bridgehead atoms. The molecule has 0 spiro atoms. The summed E-state index contributed by atoms with van der Waals surface area (Å²) in [4.78, 5) is 2.56. The molecule has 1 aliphatic carbocycles. The van der Waals surface area contributed by atoms with E-state index in [1.807, 2.05) is 0 Å². The van der Waals surface area contributed by atoms with Crippen LogP contribution in [0.25, 0.3) is 0 Å². The van der Waals surface area contributed by atoms with Crippen LogP contribution >= 0.6 is 0 Å². The third kappa shape index (κ3) is 5.03. The van der Waals surface area contributed by atoms with Crippen LogP contribution in [0.4, 0.5) is 0 Å². The average molecular weight is 499 g/mol. The monoisotopic (exact) mass is 498 g/mol. The third-order valence-electron chi connectivity index (χ3n) is 9.11. The van der Waals surface area contributed by atoms with Gasteiger partial charge in [-0.2, -0.15) is 0 Å². The van der Waals surface area contributed by atoms with Crippen molar-refractivity contribution < 1.29 is 9.85 Å². The number of hydrogen-bond donors (Lipinski definition) is 1. The molecule has 2 aliphatic rings. The molecule has 196 valence electrons. The zero-order valence-corrected chi connectivity index (χ0v) is 23.4. The van der Waals surface area contributed by atoms with Crippen LogP contribution in [0.1, 0.15) is 89.5 Å². The Kier molecular flexibility index (Phi) is 6.99. The minimum Gasteiger partial charge on any atom is -0.508 e. The maximum absolute atomic E-state index is 7.52. The first kappa shape index (κ1) is 24.6. The second kappa shape index (κ2) is 10.5. The highest BCUT2D eigenvalue weighted by Crippen LogP contribution is 2.49. The standard InChI is InChI=1S/C34H43NO2/c1-21-10-7-8-12-28(21)30-14-13-27-19-32(36)22(2)18-31(27)34(30)29-15-16-33(26(6)25(29)5)37-24(4)20-35-17-9-11-23(35)3/h7-8,10,12,15-16,18-19,23-24,30,34,36H,9,11,13-14,17,20H2,1-6H3/t23?,24?,30-,34+/m1/s1/i/hD. The first-order chi connectivity index (χ1) is 18.3. The van der Waals surface area contributed by atoms with E-state index in [4.69, 9.17) is 11.3 Å². The van der Waals surface area contributed by atoms with Crippen molar-refractivity contribution in [2.75, 3.05) is 13.1 Å². The number of aryl methyl sites for hydroxylation is 3. The van der Waals surface area contributed by atoms with E-state index in [9.17, 15) is 0 Å².